The summed E-state index contributed by atoms with van der Waals surface area (Å²) in [5.74, 6) is 1.49. The Morgan fingerprint density at radius 1 is 1.06 bits per heavy atom. The molecule has 7 heteroatoms. The average molecular weight is 427 g/mol. The van der Waals surface area contributed by atoms with Gasteiger partial charge in [-0.15, -0.1) is 0 Å². The predicted octanol–water partition coefficient (Wildman–Crippen LogP) is 2.52. The molecule has 2 atom stereocenters. The van der Waals surface area contributed by atoms with E-state index < -0.39 is 0 Å². The van der Waals surface area contributed by atoms with Crippen molar-refractivity contribution in [3.63, 3.8) is 0 Å². The second-order valence-electron chi connectivity index (χ2n) is 7.94. The molecule has 1 aliphatic heterocycles. The summed E-state index contributed by atoms with van der Waals surface area (Å²) in [6.45, 7) is 8.46. The van der Waals surface area contributed by atoms with Gasteiger partial charge in [0.15, 0.2) is 11.5 Å². The smallest absolute Gasteiger partial charge is 0.237 e. The topological polar surface area (TPSA) is 66.9 Å². The molecule has 31 heavy (non-hydrogen) atoms. The number of carbonyl (C=O) groups is 1. The fourth-order valence-electron chi connectivity index (χ4n) is 4.03. The van der Waals surface area contributed by atoms with Gasteiger partial charge in [-0.2, -0.15) is 0 Å². The highest BCUT2D eigenvalue weighted by Gasteiger charge is 2.27. The van der Waals surface area contributed by atoms with Crippen molar-refractivity contribution in [1.29, 1.82) is 0 Å². The number of methoxy groups -OCH3 is 2. The maximum absolute atomic E-state index is 12.7. The summed E-state index contributed by atoms with van der Waals surface area (Å²) in [6, 6.07) is 10.2. The molecule has 7 nitrogen and oxygen atoms in total. The largest absolute Gasteiger partial charge is 0.493 e. The number of hydrogen-bond acceptors (Lipinski definition) is 6. The molecule has 168 valence electrons. The Morgan fingerprint density at radius 2 is 1.77 bits per heavy atom. The van der Waals surface area contributed by atoms with Gasteiger partial charge >= 0.3 is 0 Å². The van der Waals surface area contributed by atoms with Crippen molar-refractivity contribution in [2.24, 2.45) is 0 Å². The van der Waals surface area contributed by atoms with E-state index in [0.29, 0.717) is 24.1 Å². The number of benzene rings is 1. The van der Waals surface area contributed by atoms with Gasteiger partial charge in [-0.3, -0.25) is 19.6 Å². The van der Waals surface area contributed by atoms with Crippen molar-refractivity contribution in [1.82, 2.24) is 20.1 Å². The highest BCUT2D eigenvalue weighted by molar-refractivity contribution is 5.81. The molecule has 1 aromatic heterocycles. The van der Waals surface area contributed by atoms with Crippen LogP contribution < -0.4 is 14.8 Å². The summed E-state index contributed by atoms with van der Waals surface area (Å²) in [5, 5.41) is 3.08. The Labute approximate surface area is 185 Å². The van der Waals surface area contributed by atoms with Gasteiger partial charge in [0.25, 0.3) is 0 Å². The van der Waals surface area contributed by atoms with E-state index in [4.69, 9.17) is 9.47 Å². The lowest BCUT2D eigenvalue weighted by molar-refractivity contribution is -0.126. The molecule has 1 aliphatic rings. The quantitative estimate of drug-likeness (QED) is 0.665. The van der Waals surface area contributed by atoms with Crippen molar-refractivity contribution < 1.29 is 14.3 Å². The number of rotatable bonds is 9. The highest BCUT2D eigenvalue weighted by Crippen LogP contribution is 2.27. The van der Waals surface area contributed by atoms with Crippen molar-refractivity contribution >= 4 is 5.91 Å². The standard InChI is InChI=1S/C24H34N4O3/c1-18(21-6-5-10-25-17-21)27-12-14-28(15-13-27)19(2)24(29)26-11-9-20-7-8-22(30-3)23(16-20)31-4/h5-8,10,16-19H,9,11-15H2,1-4H3,(H,26,29). The minimum Gasteiger partial charge on any atom is -0.493 e. The van der Waals surface area contributed by atoms with E-state index in [-0.39, 0.29) is 11.9 Å². The summed E-state index contributed by atoms with van der Waals surface area (Å²) in [5.41, 5.74) is 2.33. The minimum absolute atomic E-state index is 0.0780. The summed E-state index contributed by atoms with van der Waals surface area (Å²) >= 11 is 0. The molecule has 0 radical (unpaired) electrons. The van der Waals surface area contributed by atoms with Gasteiger partial charge in [0.05, 0.1) is 20.3 Å². The molecule has 1 aromatic carbocycles. The lowest BCUT2D eigenvalue weighted by Crippen LogP contribution is -2.54. The van der Waals surface area contributed by atoms with E-state index in [0.717, 1.165) is 38.2 Å². The Balaban J connectivity index is 1.43. The summed E-state index contributed by atoms with van der Waals surface area (Å²) < 4.78 is 10.6. The van der Waals surface area contributed by atoms with Crippen LogP contribution in [0, 0.1) is 0 Å². The van der Waals surface area contributed by atoms with Gasteiger partial charge in [0.2, 0.25) is 5.91 Å². The first-order valence-electron chi connectivity index (χ1n) is 10.9. The van der Waals surface area contributed by atoms with Crippen LogP contribution in [0.2, 0.25) is 0 Å². The maximum Gasteiger partial charge on any atom is 0.237 e. The van der Waals surface area contributed by atoms with Gasteiger partial charge < -0.3 is 14.8 Å². The number of nitrogens with one attached hydrogen (secondary N) is 1. The highest BCUT2D eigenvalue weighted by atomic mass is 16.5. The van der Waals surface area contributed by atoms with Crippen LogP contribution in [0.1, 0.15) is 31.0 Å². The van der Waals surface area contributed by atoms with Crippen molar-refractivity contribution in [2.45, 2.75) is 32.4 Å². The number of hydrogen-bond donors (Lipinski definition) is 1. The van der Waals surface area contributed by atoms with E-state index in [1.807, 2.05) is 37.4 Å². The lowest BCUT2D eigenvalue weighted by Gasteiger charge is -2.40. The van der Waals surface area contributed by atoms with Crippen LogP contribution in [-0.4, -0.2) is 73.7 Å². The number of amides is 1. The van der Waals surface area contributed by atoms with Crippen LogP contribution in [0.3, 0.4) is 0 Å². The monoisotopic (exact) mass is 426 g/mol. The Morgan fingerprint density at radius 3 is 2.42 bits per heavy atom. The third-order valence-electron chi connectivity index (χ3n) is 6.15. The fraction of sp³-hybridized carbons (Fsp3) is 0.500. The van der Waals surface area contributed by atoms with Gasteiger partial charge in [0.1, 0.15) is 0 Å². The zero-order chi connectivity index (χ0) is 22.2. The van der Waals surface area contributed by atoms with Crippen molar-refractivity contribution in [3.8, 4) is 11.5 Å². The molecule has 0 saturated carbocycles. The van der Waals surface area contributed by atoms with Crippen LogP contribution in [-0.2, 0) is 11.2 Å². The van der Waals surface area contributed by atoms with Crippen LogP contribution in [0.25, 0.3) is 0 Å². The predicted molar refractivity (Wildman–Crippen MR) is 122 cm³/mol. The molecule has 2 unspecified atom stereocenters. The van der Waals surface area contributed by atoms with E-state index >= 15 is 0 Å². The molecule has 1 fully saturated rings. The Hall–Kier alpha value is -2.64. The molecule has 3 rings (SSSR count). The van der Waals surface area contributed by atoms with Crippen molar-refractivity contribution in [2.75, 3.05) is 46.9 Å². The van der Waals surface area contributed by atoms with Gasteiger partial charge in [0, 0.05) is 51.2 Å². The normalized spacial score (nSPS) is 17.0. The van der Waals surface area contributed by atoms with E-state index in [1.165, 1.54) is 5.56 Å². The second kappa shape index (κ2) is 11.1. The lowest BCUT2D eigenvalue weighted by atomic mass is 10.1. The van der Waals surface area contributed by atoms with E-state index in [9.17, 15) is 4.79 Å². The summed E-state index contributed by atoms with van der Waals surface area (Å²) in [7, 11) is 3.25. The molecular formula is C24H34N4O3. The number of aromatic nitrogens is 1. The fourth-order valence-corrected chi connectivity index (χ4v) is 4.03. The second-order valence-corrected chi connectivity index (χ2v) is 7.94. The third-order valence-corrected chi connectivity index (χ3v) is 6.15. The van der Waals surface area contributed by atoms with Crippen LogP contribution in [0.15, 0.2) is 42.7 Å². The molecule has 1 N–H and O–H groups in total. The Kier molecular flexibility index (Phi) is 8.26. The molecule has 0 spiro atoms. The number of pyridine rings is 1. The third kappa shape index (κ3) is 5.95. The zero-order valence-corrected chi connectivity index (χ0v) is 19.0. The van der Waals surface area contributed by atoms with Crippen molar-refractivity contribution in [3.05, 3.63) is 53.9 Å². The average Bonchev–Trinajstić information content (AvgIpc) is 2.83. The number of carbonyl (C=O) groups excluding carboxylic acids is 1. The maximum atomic E-state index is 12.7. The van der Waals surface area contributed by atoms with Crippen LogP contribution in [0.4, 0.5) is 0 Å². The summed E-state index contributed by atoms with van der Waals surface area (Å²) in [6.07, 6.45) is 4.49. The van der Waals surface area contributed by atoms with Crippen LogP contribution >= 0.6 is 0 Å². The number of nitrogens with zero attached hydrogens (tertiary/aromatic N) is 3. The first kappa shape index (κ1) is 23.0. The van der Waals surface area contributed by atoms with Crippen LogP contribution in [0.5, 0.6) is 11.5 Å². The Bertz CT molecular complexity index is 838. The molecule has 1 saturated heterocycles. The summed E-state index contributed by atoms with van der Waals surface area (Å²) in [4.78, 5) is 21.6. The minimum atomic E-state index is -0.138. The van der Waals surface area contributed by atoms with Gasteiger partial charge in [-0.05, 0) is 49.6 Å². The van der Waals surface area contributed by atoms with Gasteiger partial charge in [-0.1, -0.05) is 12.1 Å². The molecule has 2 heterocycles. The van der Waals surface area contributed by atoms with Gasteiger partial charge in [-0.25, -0.2) is 0 Å². The SMILES string of the molecule is COc1ccc(CCNC(=O)C(C)N2CCN(C(C)c3cccnc3)CC2)cc1OC. The number of ether oxygens (including phenoxy) is 2. The molecule has 0 bridgehead atoms. The molecule has 2 aromatic rings. The molecular weight excluding hydrogens is 392 g/mol. The zero-order valence-electron chi connectivity index (χ0n) is 19.0. The first-order valence-corrected chi connectivity index (χ1v) is 10.9. The van der Waals surface area contributed by atoms with E-state index in [1.54, 1.807) is 20.4 Å². The van der Waals surface area contributed by atoms with E-state index in [2.05, 4.69) is 33.1 Å². The number of piperazine rings is 1. The first-order chi connectivity index (χ1) is 15.0. The molecule has 1 amide bonds. The molecule has 0 aliphatic carbocycles.